The molecule has 2 heterocycles. The lowest BCUT2D eigenvalue weighted by atomic mass is 10.2. The van der Waals surface area contributed by atoms with E-state index in [-0.39, 0.29) is 5.91 Å². The summed E-state index contributed by atoms with van der Waals surface area (Å²) in [5, 5.41) is 0. The maximum atomic E-state index is 12.0. The van der Waals surface area contributed by atoms with E-state index in [1.54, 1.807) is 12.3 Å². The van der Waals surface area contributed by atoms with Gasteiger partial charge in [-0.3, -0.25) is 4.79 Å². The molecule has 0 aliphatic carbocycles. The summed E-state index contributed by atoms with van der Waals surface area (Å²) in [7, 11) is 0. The third kappa shape index (κ3) is 1.54. The van der Waals surface area contributed by atoms with Gasteiger partial charge in [0.15, 0.2) is 0 Å². The van der Waals surface area contributed by atoms with Crippen LogP contribution >= 0.6 is 0 Å². The summed E-state index contributed by atoms with van der Waals surface area (Å²) >= 11 is 0. The minimum absolute atomic E-state index is 0.133. The van der Waals surface area contributed by atoms with Gasteiger partial charge < -0.3 is 9.32 Å². The van der Waals surface area contributed by atoms with Crippen LogP contribution in [0.4, 0.5) is 0 Å². The Kier molecular flexibility index (Phi) is 2.57. The van der Waals surface area contributed by atoms with Crippen molar-refractivity contribution in [2.75, 3.05) is 13.1 Å². The van der Waals surface area contributed by atoms with Crippen LogP contribution in [-0.2, 0) is 6.42 Å². The molecular formula is C11H15NO2. The van der Waals surface area contributed by atoms with E-state index in [0.717, 1.165) is 43.7 Å². The fraction of sp³-hybridized carbons (Fsp3) is 0.545. The van der Waals surface area contributed by atoms with Crippen molar-refractivity contribution in [2.45, 2.75) is 26.2 Å². The molecule has 0 bridgehead atoms. The first-order valence-electron chi connectivity index (χ1n) is 5.18. The average molecular weight is 193 g/mol. The van der Waals surface area contributed by atoms with Crippen LogP contribution in [0.15, 0.2) is 16.7 Å². The third-order valence-electron chi connectivity index (χ3n) is 2.69. The van der Waals surface area contributed by atoms with Crippen molar-refractivity contribution < 1.29 is 9.21 Å². The molecule has 2 rings (SSSR count). The van der Waals surface area contributed by atoms with E-state index in [1.165, 1.54) is 0 Å². The Morgan fingerprint density at radius 3 is 2.86 bits per heavy atom. The molecule has 14 heavy (non-hydrogen) atoms. The van der Waals surface area contributed by atoms with Gasteiger partial charge in [-0.15, -0.1) is 0 Å². The van der Waals surface area contributed by atoms with Gasteiger partial charge in [0.1, 0.15) is 5.76 Å². The van der Waals surface area contributed by atoms with Crippen LogP contribution in [0.1, 0.15) is 35.9 Å². The van der Waals surface area contributed by atoms with Crippen molar-refractivity contribution in [1.82, 2.24) is 4.90 Å². The first-order chi connectivity index (χ1) is 6.83. The zero-order chi connectivity index (χ0) is 9.97. The molecule has 0 spiro atoms. The average Bonchev–Trinajstić information content (AvgIpc) is 2.87. The Balaban J connectivity index is 2.17. The lowest BCUT2D eigenvalue weighted by Gasteiger charge is -2.14. The van der Waals surface area contributed by atoms with Crippen LogP contribution in [0.3, 0.4) is 0 Å². The van der Waals surface area contributed by atoms with Crippen LogP contribution in [0.5, 0.6) is 0 Å². The zero-order valence-corrected chi connectivity index (χ0v) is 8.45. The van der Waals surface area contributed by atoms with Crippen molar-refractivity contribution in [1.29, 1.82) is 0 Å². The van der Waals surface area contributed by atoms with Crippen LogP contribution in [-0.4, -0.2) is 23.9 Å². The Bertz CT molecular complexity index is 324. The number of aryl methyl sites for hydroxylation is 1. The predicted octanol–water partition coefficient (Wildman–Crippen LogP) is 2.08. The SMILES string of the molecule is CCc1occc1C(=O)N1CCCC1. The molecule has 0 atom stereocenters. The Hall–Kier alpha value is -1.25. The molecule has 1 saturated heterocycles. The number of rotatable bonds is 2. The van der Waals surface area contributed by atoms with Crippen LogP contribution in [0.2, 0.25) is 0 Å². The molecule has 3 nitrogen and oxygen atoms in total. The van der Waals surface area contributed by atoms with Crippen molar-refractivity contribution >= 4 is 5.91 Å². The van der Waals surface area contributed by atoms with Crippen molar-refractivity contribution in [3.8, 4) is 0 Å². The standard InChI is InChI=1S/C11H15NO2/c1-2-10-9(5-8-14-10)11(13)12-6-3-4-7-12/h5,8H,2-4,6-7H2,1H3. The maximum absolute atomic E-state index is 12.0. The highest BCUT2D eigenvalue weighted by Gasteiger charge is 2.22. The van der Waals surface area contributed by atoms with Crippen LogP contribution < -0.4 is 0 Å². The van der Waals surface area contributed by atoms with Crippen molar-refractivity contribution in [2.24, 2.45) is 0 Å². The second-order valence-electron chi connectivity index (χ2n) is 3.61. The van der Waals surface area contributed by atoms with E-state index in [0.29, 0.717) is 0 Å². The Morgan fingerprint density at radius 2 is 2.21 bits per heavy atom. The molecular weight excluding hydrogens is 178 g/mol. The summed E-state index contributed by atoms with van der Waals surface area (Å²) < 4.78 is 5.25. The molecule has 3 heteroatoms. The molecule has 0 saturated carbocycles. The van der Waals surface area contributed by atoms with Gasteiger partial charge in [-0.25, -0.2) is 0 Å². The lowest BCUT2D eigenvalue weighted by molar-refractivity contribution is 0.0790. The summed E-state index contributed by atoms with van der Waals surface area (Å²) in [4.78, 5) is 13.9. The first kappa shape index (κ1) is 9.31. The molecule has 0 aromatic carbocycles. The van der Waals surface area contributed by atoms with Gasteiger partial charge in [-0.1, -0.05) is 6.92 Å². The normalized spacial score (nSPS) is 16.2. The summed E-state index contributed by atoms with van der Waals surface area (Å²) in [5.41, 5.74) is 0.745. The molecule has 1 fully saturated rings. The minimum Gasteiger partial charge on any atom is -0.469 e. The number of carbonyl (C=O) groups excluding carboxylic acids is 1. The summed E-state index contributed by atoms with van der Waals surface area (Å²) in [6, 6.07) is 1.78. The summed E-state index contributed by atoms with van der Waals surface area (Å²) in [6.07, 6.45) is 4.64. The number of hydrogen-bond acceptors (Lipinski definition) is 2. The summed E-state index contributed by atoms with van der Waals surface area (Å²) in [6.45, 7) is 3.79. The molecule has 0 N–H and O–H groups in total. The molecule has 76 valence electrons. The van der Waals surface area contributed by atoms with E-state index in [9.17, 15) is 4.79 Å². The quantitative estimate of drug-likeness (QED) is 0.720. The zero-order valence-electron chi connectivity index (χ0n) is 8.45. The van der Waals surface area contributed by atoms with E-state index in [4.69, 9.17) is 4.42 Å². The maximum Gasteiger partial charge on any atom is 0.257 e. The predicted molar refractivity (Wildman–Crippen MR) is 53.2 cm³/mol. The largest absolute Gasteiger partial charge is 0.469 e. The number of amides is 1. The topological polar surface area (TPSA) is 33.5 Å². The molecule has 0 unspecified atom stereocenters. The first-order valence-corrected chi connectivity index (χ1v) is 5.18. The number of hydrogen-bond donors (Lipinski definition) is 0. The number of likely N-dealkylation sites (tertiary alicyclic amines) is 1. The van der Waals surface area contributed by atoms with E-state index in [2.05, 4.69) is 0 Å². The highest BCUT2D eigenvalue weighted by atomic mass is 16.3. The fourth-order valence-electron chi connectivity index (χ4n) is 1.90. The summed E-state index contributed by atoms with van der Waals surface area (Å²) in [5.74, 6) is 0.940. The highest BCUT2D eigenvalue weighted by molar-refractivity contribution is 5.95. The highest BCUT2D eigenvalue weighted by Crippen LogP contribution is 2.17. The Labute approximate surface area is 83.7 Å². The van der Waals surface area contributed by atoms with Gasteiger partial charge in [0.25, 0.3) is 5.91 Å². The second kappa shape index (κ2) is 3.86. The monoisotopic (exact) mass is 193 g/mol. The molecule has 1 aromatic heterocycles. The van der Waals surface area contributed by atoms with Crippen LogP contribution in [0.25, 0.3) is 0 Å². The van der Waals surface area contributed by atoms with Crippen LogP contribution in [0, 0.1) is 0 Å². The van der Waals surface area contributed by atoms with Gasteiger partial charge in [0, 0.05) is 19.5 Å². The molecule has 1 aliphatic heterocycles. The van der Waals surface area contributed by atoms with E-state index >= 15 is 0 Å². The molecule has 0 radical (unpaired) electrons. The number of carbonyl (C=O) groups is 1. The smallest absolute Gasteiger partial charge is 0.257 e. The fourth-order valence-corrected chi connectivity index (χ4v) is 1.90. The van der Waals surface area contributed by atoms with Gasteiger partial charge in [-0.05, 0) is 18.9 Å². The van der Waals surface area contributed by atoms with Gasteiger partial charge in [0.05, 0.1) is 11.8 Å². The van der Waals surface area contributed by atoms with E-state index in [1.807, 2.05) is 11.8 Å². The number of furan rings is 1. The van der Waals surface area contributed by atoms with Crippen molar-refractivity contribution in [3.63, 3.8) is 0 Å². The third-order valence-corrected chi connectivity index (χ3v) is 2.69. The Morgan fingerprint density at radius 1 is 1.50 bits per heavy atom. The van der Waals surface area contributed by atoms with Gasteiger partial charge in [-0.2, -0.15) is 0 Å². The number of nitrogens with zero attached hydrogens (tertiary/aromatic N) is 1. The van der Waals surface area contributed by atoms with E-state index < -0.39 is 0 Å². The molecule has 1 aromatic rings. The molecule has 1 aliphatic rings. The lowest BCUT2D eigenvalue weighted by Crippen LogP contribution is -2.27. The van der Waals surface area contributed by atoms with Crippen molar-refractivity contribution in [3.05, 3.63) is 23.7 Å². The second-order valence-corrected chi connectivity index (χ2v) is 3.61. The van der Waals surface area contributed by atoms with Gasteiger partial charge >= 0.3 is 0 Å². The minimum atomic E-state index is 0.133. The molecule has 1 amide bonds. The van der Waals surface area contributed by atoms with Gasteiger partial charge in [0.2, 0.25) is 0 Å².